The largest absolute Gasteiger partial charge is 0.271 e. The Labute approximate surface area is 138 Å². The molecule has 2 nitrogen and oxygen atoms in total. The highest BCUT2D eigenvalue weighted by molar-refractivity contribution is 14.1. The Bertz CT molecular complexity index is 379. The molecule has 1 rings (SSSR count). The third kappa shape index (κ3) is 6.10. The second-order valence-electron chi connectivity index (χ2n) is 5.61. The fourth-order valence-corrected chi connectivity index (χ4v) is 3.31. The summed E-state index contributed by atoms with van der Waals surface area (Å²) >= 11 is 2.43. The Morgan fingerprint density at radius 2 is 1.75 bits per heavy atom. The molecule has 0 aliphatic carbocycles. The summed E-state index contributed by atoms with van der Waals surface area (Å²) in [6, 6.07) is 6.77. The molecule has 0 bridgehead atoms. The number of rotatable bonds is 10. The van der Waals surface area contributed by atoms with Crippen LogP contribution in [0.5, 0.6) is 0 Å². The molecule has 0 amide bonds. The lowest BCUT2D eigenvalue weighted by atomic mass is 9.98. The van der Waals surface area contributed by atoms with Gasteiger partial charge in [-0.1, -0.05) is 70.1 Å². The van der Waals surface area contributed by atoms with Gasteiger partial charge < -0.3 is 0 Å². The molecule has 20 heavy (non-hydrogen) atoms. The van der Waals surface area contributed by atoms with Gasteiger partial charge >= 0.3 is 0 Å². The zero-order valence-electron chi connectivity index (χ0n) is 12.9. The molecule has 3 heteroatoms. The van der Waals surface area contributed by atoms with Crippen LogP contribution in [0.2, 0.25) is 0 Å². The number of unbranched alkanes of at least 4 members (excludes halogenated alkanes) is 6. The average molecular weight is 388 g/mol. The summed E-state index contributed by atoms with van der Waals surface area (Å²) in [5.74, 6) is 5.75. The summed E-state index contributed by atoms with van der Waals surface area (Å²) in [6.07, 6.45) is 10.6. The quantitative estimate of drug-likeness (QED) is 0.249. The van der Waals surface area contributed by atoms with E-state index in [1.807, 2.05) is 0 Å². The summed E-state index contributed by atoms with van der Waals surface area (Å²) in [5.41, 5.74) is 5.68. The highest BCUT2D eigenvalue weighted by Crippen LogP contribution is 2.26. The van der Waals surface area contributed by atoms with Crippen molar-refractivity contribution in [3.8, 4) is 0 Å². The zero-order chi connectivity index (χ0) is 14.8. The second kappa shape index (κ2) is 10.6. The monoisotopic (exact) mass is 388 g/mol. The van der Waals surface area contributed by atoms with Crippen LogP contribution in [-0.4, -0.2) is 0 Å². The third-order valence-corrected chi connectivity index (χ3v) is 5.37. The van der Waals surface area contributed by atoms with Crippen molar-refractivity contribution in [2.75, 3.05) is 0 Å². The Kier molecular flexibility index (Phi) is 9.48. The lowest BCUT2D eigenvalue weighted by Gasteiger charge is -2.19. The molecule has 0 aliphatic heterocycles. The van der Waals surface area contributed by atoms with Crippen LogP contribution >= 0.6 is 22.6 Å². The lowest BCUT2D eigenvalue weighted by molar-refractivity contribution is 0.474. The minimum atomic E-state index is 0.289. The SMILES string of the molecule is CCCCCCCCCC(NN)c1cccc(C)c1I. The number of nitrogens with one attached hydrogen (secondary N) is 1. The maximum Gasteiger partial charge on any atom is 0.0470 e. The van der Waals surface area contributed by atoms with E-state index in [0.29, 0.717) is 0 Å². The third-order valence-electron chi connectivity index (χ3n) is 3.89. The Morgan fingerprint density at radius 3 is 2.40 bits per heavy atom. The summed E-state index contributed by atoms with van der Waals surface area (Å²) in [6.45, 7) is 4.42. The standard InChI is InChI=1S/C17H29IN2/c1-3-4-5-6-7-8-9-13-16(20-19)15-12-10-11-14(2)17(15)18/h10-12,16,20H,3-9,13,19H2,1-2H3. The number of benzene rings is 1. The minimum Gasteiger partial charge on any atom is -0.271 e. The van der Waals surface area contributed by atoms with Gasteiger partial charge in [-0.2, -0.15) is 0 Å². The van der Waals surface area contributed by atoms with Crippen LogP contribution in [0.15, 0.2) is 18.2 Å². The van der Waals surface area contributed by atoms with E-state index in [9.17, 15) is 0 Å². The van der Waals surface area contributed by atoms with Crippen LogP contribution in [0.1, 0.15) is 75.5 Å². The number of hydrogen-bond donors (Lipinski definition) is 2. The van der Waals surface area contributed by atoms with E-state index in [2.05, 4.69) is 60.1 Å². The van der Waals surface area contributed by atoms with E-state index < -0.39 is 0 Å². The van der Waals surface area contributed by atoms with Crippen molar-refractivity contribution in [3.05, 3.63) is 32.9 Å². The number of hydrazine groups is 1. The van der Waals surface area contributed by atoms with Crippen LogP contribution in [-0.2, 0) is 0 Å². The topological polar surface area (TPSA) is 38.0 Å². The van der Waals surface area contributed by atoms with Gasteiger partial charge in [0.15, 0.2) is 0 Å². The van der Waals surface area contributed by atoms with Crippen LogP contribution in [0.4, 0.5) is 0 Å². The molecule has 0 saturated carbocycles. The van der Waals surface area contributed by atoms with E-state index in [1.54, 1.807) is 0 Å². The second-order valence-corrected chi connectivity index (χ2v) is 6.69. The fourth-order valence-electron chi connectivity index (χ4n) is 2.57. The molecule has 0 aliphatic rings. The molecule has 0 heterocycles. The molecule has 0 aromatic heterocycles. The summed E-state index contributed by atoms with van der Waals surface area (Å²) in [4.78, 5) is 0. The Hall–Kier alpha value is -0.130. The van der Waals surface area contributed by atoms with Gasteiger partial charge in [0.25, 0.3) is 0 Å². The molecule has 0 spiro atoms. The van der Waals surface area contributed by atoms with Crippen LogP contribution in [0.3, 0.4) is 0 Å². The first-order valence-corrected chi connectivity index (χ1v) is 8.99. The van der Waals surface area contributed by atoms with Crippen molar-refractivity contribution in [3.63, 3.8) is 0 Å². The van der Waals surface area contributed by atoms with Gasteiger partial charge in [0, 0.05) is 9.61 Å². The van der Waals surface area contributed by atoms with Gasteiger partial charge in [0.1, 0.15) is 0 Å². The van der Waals surface area contributed by atoms with Crippen LogP contribution in [0, 0.1) is 10.5 Å². The van der Waals surface area contributed by atoms with Gasteiger partial charge in [-0.15, -0.1) is 0 Å². The van der Waals surface area contributed by atoms with Gasteiger partial charge in [-0.25, -0.2) is 0 Å². The highest BCUT2D eigenvalue weighted by atomic mass is 127. The van der Waals surface area contributed by atoms with E-state index in [0.717, 1.165) is 6.42 Å². The molecule has 114 valence electrons. The first kappa shape index (κ1) is 17.9. The molecule has 0 radical (unpaired) electrons. The smallest absolute Gasteiger partial charge is 0.0470 e. The molecule has 1 unspecified atom stereocenters. The Balaban J connectivity index is 2.34. The van der Waals surface area contributed by atoms with Gasteiger partial charge in [-0.3, -0.25) is 11.3 Å². The van der Waals surface area contributed by atoms with Gasteiger partial charge in [-0.05, 0) is 47.1 Å². The maximum absolute atomic E-state index is 5.75. The van der Waals surface area contributed by atoms with Crippen molar-refractivity contribution in [2.24, 2.45) is 5.84 Å². The van der Waals surface area contributed by atoms with Crippen molar-refractivity contribution < 1.29 is 0 Å². The van der Waals surface area contributed by atoms with E-state index in [-0.39, 0.29) is 6.04 Å². The summed E-state index contributed by atoms with van der Waals surface area (Å²) in [7, 11) is 0. The number of nitrogens with two attached hydrogens (primary N) is 1. The first-order chi connectivity index (χ1) is 9.70. The number of hydrogen-bond acceptors (Lipinski definition) is 2. The molecule has 0 saturated heterocycles. The molecule has 1 atom stereocenters. The average Bonchev–Trinajstić information content (AvgIpc) is 2.46. The number of aryl methyl sites for hydroxylation is 1. The molecule has 1 aromatic carbocycles. The molecule has 0 fully saturated rings. The van der Waals surface area contributed by atoms with Crippen molar-refractivity contribution in [1.29, 1.82) is 0 Å². The predicted molar refractivity (Wildman–Crippen MR) is 96.6 cm³/mol. The van der Waals surface area contributed by atoms with Crippen molar-refractivity contribution in [1.82, 2.24) is 5.43 Å². The van der Waals surface area contributed by atoms with Crippen LogP contribution < -0.4 is 11.3 Å². The van der Waals surface area contributed by atoms with E-state index >= 15 is 0 Å². The van der Waals surface area contributed by atoms with Gasteiger partial charge in [0.05, 0.1) is 0 Å². The summed E-state index contributed by atoms with van der Waals surface area (Å²) < 4.78 is 1.34. The predicted octanol–water partition coefficient (Wildman–Crippen LogP) is 5.24. The van der Waals surface area contributed by atoms with Crippen molar-refractivity contribution >= 4 is 22.6 Å². The van der Waals surface area contributed by atoms with Gasteiger partial charge in [0.2, 0.25) is 0 Å². The fraction of sp³-hybridized carbons (Fsp3) is 0.647. The lowest BCUT2D eigenvalue weighted by Crippen LogP contribution is -2.28. The van der Waals surface area contributed by atoms with E-state index in [4.69, 9.17) is 5.84 Å². The summed E-state index contributed by atoms with van der Waals surface area (Å²) in [5, 5.41) is 0. The van der Waals surface area contributed by atoms with Crippen molar-refractivity contribution in [2.45, 2.75) is 71.3 Å². The molecule has 3 N–H and O–H groups in total. The zero-order valence-corrected chi connectivity index (χ0v) is 15.1. The van der Waals surface area contributed by atoms with Crippen LogP contribution in [0.25, 0.3) is 0 Å². The highest BCUT2D eigenvalue weighted by Gasteiger charge is 2.13. The molecule has 1 aromatic rings. The normalized spacial score (nSPS) is 12.6. The van der Waals surface area contributed by atoms with E-state index in [1.165, 1.54) is 59.6 Å². The maximum atomic E-state index is 5.75. The Morgan fingerprint density at radius 1 is 1.10 bits per heavy atom. The first-order valence-electron chi connectivity index (χ1n) is 7.91. The molecular weight excluding hydrogens is 359 g/mol. The molecular formula is C17H29IN2. The minimum absolute atomic E-state index is 0.289. The number of halogens is 1.